The molecule has 5 rings (SSSR count). The van der Waals surface area contributed by atoms with Crippen LogP contribution in [0.3, 0.4) is 0 Å². The third-order valence-corrected chi connectivity index (χ3v) is 6.42. The largest absolute Gasteiger partial charge is 0.394 e. The number of hydrogen-bond donors (Lipinski definition) is 5. The van der Waals surface area contributed by atoms with Gasteiger partial charge in [-0.1, -0.05) is 19.3 Å². The molecule has 0 spiro atoms. The topological polar surface area (TPSA) is 172 Å². The first-order valence-corrected chi connectivity index (χ1v) is 11.4. The van der Waals surface area contributed by atoms with Gasteiger partial charge >= 0.3 is 0 Å². The molecule has 0 radical (unpaired) electrons. The van der Waals surface area contributed by atoms with E-state index >= 15 is 0 Å². The van der Waals surface area contributed by atoms with Crippen molar-refractivity contribution in [2.45, 2.75) is 62.7 Å². The van der Waals surface area contributed by atoms with Gasteiger partial charge in [-0.25, -0.2) is 9.67 Å². The molecule has 4 atom stereocenters. The summed E-state index contributed by atoms with van der Waals surface area (Å²) in [7, 11) is 1.54. The first-order chi connectivity index (χ1) is 16.5. The standard InChI is InChI=1S/C21H28N8O5/c1-22-19(33)11-7-24-29(8-11)21-26-17(25-12-5-3-2-4-6-12)14-18(27-21)28(10-23-14)20-16(32)15(31)13(9-30)34-20/h7-8,10,12-13,15-16,20,30-32H,2-6,9H2,1H3,(H,22,33)(H,25,26,27)/t13-,15-,16-,20?/m1/s1. The molecule has 2 aliphatic rings. The van der Waals surface area contributed by atoms with E-state index in [1.165, 1.54) is 41.4 Å². The fraction of sp³-hybridized carbons (Fsp3) is 0.571. The van der Waals surface area contributed by atoms with Gasteiger partial charge in [0.15, 0.2) is 23.2 Å². The van der Waals surface area contributed by atoms with Crippen molar-refractivity contribution in [1.82, 2.24) is 34.6 Å². The van der Waals surface area contributed by atoms with Crippen molar-refractivity contribution in [2.75, 3.05) is 19.0 Å². The van der Waals surface area contributed by atoms with Gasteiger partial charge in [0.2, 0.25) is 0 Å². The molecular weight excluding hydrogens is 444 g/mol. The van der Waals surface area contributed by atoms with Gasteiger partial charge in [0.25, 0.3) is 11.9 Å². The Labute approximate surface area is 194 Å². The number of ether oxygens (including phenoxy) is 1. The second-order valence-electron chi connectivity index (χ2n) is 8.66. The Bertz CT molecular complexity index is 1170. The van der Waals surface area contributed by atoms with Crippen LogP contribution in [-0.4, -0.2) is 88.5 Å². The average molecular weight is 473 g/mol. The van der Waals surface area contributed by atoms with Gasteiger partial charge in [-0.2, -0.15) is 15.1 Å². The number of hydrogen-bond acceptors (Lipinski definition) is 10. The predicted octanol–water partition coefficient (Wildman–Crippen LogP) is -0.272. The Morgan fingerprint density at radius 1 is 1.21 bits per heavy atom. The van der Waals surface area contributed by atoms with Crippen molar-refractivity contribution in [1.29, 1.82) is 0 Å². The lowest BCUT2D eigenvalue weighted by atomic mass is 9.95. The van der Waals surface area contributed by atoms with E-state index in [0.717, 1.165) is 25.7 Å². The zero-order valence-electron chi connectivity index (χ0n) is 18.7. The fourth-order valence-corrected chi connectivity index (χ4v) is 4.54. The lowest BCUT2D eigenvalue weighted by Crippen LogP contribution is -2.33. The molecule has 0 bridgehead atoms. The molecule has 1 aliphatic heterocycles. The van der Waals surface area contributed by atoms with Crippen LogP contribution in [0.5, 0.6) is 0 Å². The summed E-state index contributed by atoms with van der Waals surface area (Å²) < 4.78 is 8.60. The summed E-state index contributed by atoms with van der Waals surface area (Å²) in [5, 5.41) is 40.5. The van der Waals surface area contributed by atoms with E-state index in [1.807, 2.05) is 0 Å². The number of aliphatic hydroxyl groups excluding tert-OH is 3. The molecule has 3 aromatic rings. The van der Waals surface area contributed by atoms with Crippen molar-refractivity contribution in [3.63, 3.8) is 0 Å². The molecule has 3 aromatic heterocycles. The number of aromatic nitrogens is 6. The molecule has 1 amide bonds. The van der Waals surface area contributed by atoms with Crippen molar-refractivity contribution in [2.24, 2.45) is 0 Å². The molecule has 2 fully saturated rings. The maximum atomic E-state index is 12.0. The third-order valence-electron chi connectivity index (χ3n) is 6.42. The Balaban J connectivity index is 1.58. The summed E-state index contributed by atoms with van der Waals surface area (Å²) in [6.07, 6.45) is 5.43. The first-order valence-electron chi connectivity index (χ1n) is 11.4. The van der Waals surface area contributed by atoms with E-state index in [-0.39, 0.29) is 17.9 Å². The SMILES string of the molecule is CNC(=O)c1cnn(-c2nc(NC3CCCCC3)c3ncn(C4O[C@H](CO)[C@@H](O)[C@H]4O)c3n2)c1. The maximum Gasteiger partial charge on any atom is 0.254 e. The smallest absolute Gasteiger partial charge is 0.254 e. The molecule has 1 saturated carbocycles. The summed E-state index contributed by atoms with van der Waals surface area (Å²) in [5.74, 6) is 0.424. The van der Waals surface area contributed by atoms with Gasteiger partial charge in [-0.3, -0.25) is 9.36 Å². The highest BCUT2D eigenvalue weighted by Gasteiger charge is 2.44. The van der Waals surface area contributed by atoms with Crippen molar-refractivity contribution >= 4 is 22.9 Å². The number of nitrogens with one attached hydrogen (secondary N) is 2. The van der Waals surface area contributed by atoms with Crippen LogP contribution < -0.4 is 10.6 Å². The van der Waals surface area contributed by atoms with Crippen LogP contribution in [0.4, 0.5) is 5.82 Å². The summed E-state index contributed by atoms with van der Waals surface area (Å²) in [6.45, 7) is -0.439. The number of rotatable bonds is 6. The minimum atomic E-state index is -1.28. The molecule has 13 nitrogen and oxygen atoms in total. The minimum absolute atomic E-state index is 0.203. The van der Waals surface area contributed by atoms with Gasteiger partial charge < -0.3 is 30.7 Å². The summed E-state index contributed by atoms with van der Waals surface area (Å²) in [5.41, 5.74) is 1.19. The average Bonchev–Trinajstić information content (AvgIpc) is 3.58. The Hall–Kier alpha value is -3.13. The molecule has 1 aliphatic carbocycles. The van der Waals surface area contributed by atoms with E-state index in [2.05, 4.69) is 30.7 Å². The van der Waals surface area contributed by atoms with Gasteiger partial charge in [-0.05, 0) is 12.8 Å². The highest BCUT2D eigenvalue weighted by molar-refractivity contribution is 5.93. The first kappa shape index (κ1) is 22.7. The highest BCUT2D eigenvalue weighted by Crippen LogP contribution is 2.33. The van der Waals surface area contributed by atoms with E-state index in [1.54, 1.807) is 0 Å². The van der Waals surface area contributed by atoms with Crippen LogP contribution in [-0.2, 0) is 4.74 Å². The molecule has 13 heteroatoms. The number of carbonyl (C=O) groups is 1. The normalized spacial score (nSPS) is 25.6. The molecular formula is C21H28N8O5. The summed E-state index contributed by atoms with van der Waals surface area (Å²) >= 11 is 0. The van der Waals surface area contributed by atoms with Crippen LogP contribution in [0.2, 0.25) is 0 Å². The van der Waals surface area contributed by atoms with Crippen LogP contribution >= 0.6 is 0 Å². The lowest BCUT2D eigenvalue weighted by molar-refractivity contribution is -0.0511. The number of carbonyl (C=O) groups excluding carboxylic acids is 1. The quantitative estimate of drug-likeness (QED) is 0.321. The second-order valence-corrected chi connectivity index (χ2v) is 8.66. The highest BCUT2D eigenvalue weighted by atomic mass is 16.6. The predicted molar refractivity (Wildman–Crippen MR) is 119 cm³/mol. The number of aliphatic hydroxyl groups is 3. The second kappa shape index (κ2) is 9.25. The Kier molecular flexibility index (Phi) is 6.16. The van der Waals surface area contributed by atoms with E-state index in [4.69, 9.17) is 4.74 Å². The third kappa shape index (κ3) is 4.00. The number of fused-ring (bicyclic) bond motifs is 1. The molecule has 182 valence electrons. The van der Waals surface area contributed by atoms with Crippen molar-refractivity contribution in [3.05, 3.63) is 24.3 Å². The zero-order valence-corrected chi connectivity index (χ0v) is 18.7. The molecule has 4 heterocycles. The lowest BCUT2D eigenvalue weighted by Gasteiger charge is -2.23. The molecule has 0 aromatic carbocycles. The maximum absolute atomic E-state index is 12.0. The van der Waals surface area contributed by atoms with Gasteiger partial charge in [0.05, 0.1) is 24.7 Å². The van der Waals surface area contributed by atoms with Crippen LogP contribution in [0.25, 0.3) is 17.1 Å². The zero-order chi connectivity index (χ0) is 23.8. The van der Waals surface area contributed by atoms with Gasteiger partial charge in [-0.15, -0.1) is 0 Å². The monoisotopic (exact) mass is 472 g/mol. The van der Waals surface area contributed by atoms with Crippen LogP contribution in [0.15, 0.2) is 18.7 Å². The number of nitrogens with zero attached hydrogens (tertiary/aromatic N) is 6. The van der Waals surface area contributed by atoms with Gasteiger partial charge in [0.1, 0.15) is 18.3 Å². The minimum Gasteiger partial charge on any atom is -0.394 e. The van der Waals surface area contributed by atoms with E-state index < -0.39 is 31.1 Å². The molecule has 34 heavy (non-hydrogen) atoms. The Morgan fingerprint density at radius 2 is 2.00 bits per heavy atom. The summed E-state index contributed by atoms with van der Waals surface area (Å²) in [4.78, 5) is 25.7. The molecule has 5 N–H and O–H groups in total. The number of imidazole rings is 1. The van der Waals surface area contributed by atoms with Crippen molar-refractivity contribution in [3.8, 4) is 5.95 Å². The fourth-order valence-electron chi connectivity index (χ4n) is 4.54. The number of anilines is 1. The molecule has 1 saturated heterocycles. The van der Waals surface area contributed by atoms with Crippen LogP contribution in [0.1, 0.15) is 48.7 Å². The van der Waals surface area contributed by atoms with Gasteiger partial charge in [0, 0.05) is 19.3 Å². The van der Waals surface area contributed by atoms with Crippen molar-refractivity contribution < 1.29 is 24.9 Å². The molecule has 1 unspecified atom stereocenters. The van der Waals surface area contributed by atoms with E-state index in [0.29, 0.717) is 22.5 Å². The summed E-state index contributed by atoms with van der Waals surface area (Å²) in [6, 6.07) is 0.234. The van der Waals surface area contributed by atoms with Crippen LogP contribution in [0, 0.1) is 0 Å². The van der Waals surface area contributed by atoms with E-state index in [9.17, 15) is 20.1 Å². The number of amides is 1. The Morgan fingerprint density at radius 3 is 2.71 bits per heavy atom.